The molecule has 2 N–H and O–H groups in total. The van der Waals surface area contributed by atoms with Gasteiger partial charge in [-0.1, -0.05) is 13.0 Å². The Morgan fingerprint density at radius 3 is 2.60 bits per heavy atom. The van der Waals surface area contributed by atoms with Gasteiger partial charge < -0.3 is 10.5 Å². The molecule has 0 fully saturated rings. The van der Waals surface area contributed by atoms with Gasteiger partial charge in [0.15, 0.2) is 0 Å². The Bertz CT molecular complexity index is 309. The third kappa shape index (κ3) is 3.56. The zero-order valence-electron chi connectivity index (χ0n) is 9.92. The molecule has 0 aliphatic rings. The van der Waals surface area contributed by atoms with Crippen LogP contribution in [-0.2, 0) is 6.42 Å². The summed E-state index contributed by atoms with van der Waals surface area (Å²) in [5.74, 6) is 0.948. The molecule has 2 heteroatoms. The quantitative estimate of drug-likeness (QED) is 0.805. The third-order valence-electron chi connectivity index (χ3n) is 2.63. The highest BCUT2D eigenvalue weighted by atomic mass is 16.5. The molecule has 0 spiro atoms. The van der Waals surface area contributed by atoms with Gasteiger partial charge in [0.25, 0.3) is 0 Å². The highest BCUT2D eigenvalue weighted by molar-refractivity contribution is 5.35. The normalized spacial score (nSPS) is 12.5. The molecule has 1 rings (SSSR count). The second kappa shape index (κ2) is 5.76. The number of aryl methyl sites for hydroxylation is 1. The molecule has 1 aromatic rings. The first-order chi connectivity index (χ1) is 7.17. The van der Waals surface area contributed by atoms with E-state index in [9.17, 15) is 0 Å². The third-order valence-corrected chi connectivity index (χ3v) is 2.63. The maximum absolute atomic E-state index is 5.94. The van der Waals surface area contributed by atoms with Crippen LogP contribution in [0.2, 0.25) is 0 Å². The van der Waals surface area contributed by atoms with Crippen LogP contribution in [0.1, 0.15) is 31.4 Å². The number of rotatable bonds is 5. The van der Waals surface area contributed by atoms with Crippen molar-refractivity contribution in [3.05, 3.63) is 29.3 Å². The second-order valence-electron chi connectivity index (χ2n) is 3.89. The summed E-state index contributed by atoms with van der Waals surface area (Å²) in [6, 6.07) is 6.49. The van der Waals surface area contributed by atoms with Crippen molar-refractivity contribution in [2.75, 3.05) is 6.61 Å². The zero-order valence-corrected chi connectivity index (χ0v) is 9.92. The van der Waals surface area contributed by atoms with Gasteiger partial charge in [0.2, 0.25) is 0 Å². The lowest BCUT2D eigenvalue weighted by atomic mass is 10.00. The van der Waals surface area contributed by atoms with E-state index in [4.69, 9.17) is 10.5 Å². The number of ether oxygens (including phenoxy) is 1. The molecular formula is C13H21NO. The van der Waals surface area contributed by atoms with Crippen LogP contribution in [0.5, 0.6) is 5.75 Å². The van der Waals surface area contributed by atoms with E-state index in [0.29, 0.717) is 6.61 Å². The van der Waals surface area contributed by atoms with Crippen molar-refractivity contribution in [1.29, 1.82) is 0 Å². The van der Waals surface area contributed by atoms with Crippen molar-refractivity contribution in [3.8, 4) is 5.75 Å². The van der Waals surface area contributed by atoms with E-state index in [0.717, 1.165) is 18.6 Å². The molecule has 0 aromatic heterocycles. The van der Waals surface area contributed by atoms with E-state index in [-0.39, 0.29) is 6.04 Å². The number of hydrogen-bond acceptors (Lipinski definition) is 2. The van der Waals surface area contributed by atoms with Crippen LogP contribution in [-0.4, -0.2) is 12.6 Å². The summed E-state index contributed by atoms with van der Waals surface area (Å²) in [5.41, 5.74) is 8.53. The first kappa shape index (κ1) is 12.1. The Morgan fingerprint density at radius 2 is 2.07 bits per heavy atom. The van der Waals surface area contributed by atoms with Gasteiger partial charge in [-0.3, -0.25) is 0 Å². The van der Waals surface area contributed by atoms with Crippen LogP contribution in [0.25, 0.3) is 0 Å². The molecule has 0 aliphatic heterocycles. The maximum Gasteiger partial charge on any atom is 0.119 e. The van der Waals surface area contributed by atoms with Crippen LogP contribution in [0.3, 0.4) is 0 Å². The topological polar surface area (TPSA) is 35.2 Å². The van der Waals surface area contributed by atoms with Gasteiger partial charge in [-0.15, -0.1) is 0 Å². The van der Waals surface area contributed by atoms with Gasteiger partial charge in [0, 0.05) is 6.04 Å². The van der Waals surface area contributed by atoms with Crippen LogP contribution in [0.15, 0.2) is 18.2 Å². The molecule has 0 aliphatic carbocycles. The highest BCUT2D eigenvalue weighted by Gasteiger charge is 2.05. The summed E-state index contributed by atoms with van der Waals surface area (Å²) in [6.45, 7) is 6.94. The lowest BCUT2D eigenvalue weighted by molar-refractivity contribution is 0.340. The summed E-state index contributed by atoms with van der Waals surface area (Å²) >= 11 is 0. The standard InChI is InChI=1S/C13H21NO/c1-4-12(14)9-11-6-7-13(15-5-2)8-10(11)3/h6-8,12H,4-5,9,14H2,1-3H3. The minimum absolute atomic E-state index is 0.265. The molecule has 15 heavy (non-hydrogen) atoms. The van der Waals surface area contributed by atoms with Gasteiger partial charge in [-0.25, -0.2) is 0 Å². The average Bonchev–Trinajstić information content (AvgIpc) is 2.22. The maximum atomic E-state index is 5.94. The molecule has 0 saturated carbocycles. The first-order valence-electron chi connectivity index (χ1n) is 5.65. The Hall–Kier alpha value is -1.02. The SMILES string of the molecule is CCOc1ccc(CC(N)CC)c(C)c1. The largest absolute Gasteiger partial charge is 0.494 e. The number of benzene rings is 1. The molecule has 1 unspecified atom stereocenters. The van der Waals surface area contributed by atoms with Crippen molar-refractivity contribution in [3.63, 3.8) is 0 Å². The molecule has 0 saturated heterocycles. The van der Waals surface area contributed by atoms with E-state index < -0.39 is 0 Å². The Balaban J connectivity index is 2.74. The fraction of sp³-hybridized carbons (Fsp3) is 0.538. The molecule has 0 bridgehead atoms. The monoisotopic (exact) mass is 207 g/mol. The minimum atomic E-state index is 0.265. The molecule has 0 amide bonds. The highest BCUT2D eigenvalue weighted by Crippen LogP contribution is 2.18. The lowest BCUT2D eigenvalue weighted by Crippen LogP contribution is -2.21. The average molecular weight is 207 g/mol. The molecule has 84 valence electrons. The van der Waals surface area contributed by atoms with Gasteiger partial charge >= 0.3 is 0 Å². The summed E-state index contributed by atoms with van der Waals surface area (Å²) in [6.07, 6.45) is 1.97. The van der Waals surface area contributed by atoms with Crippen molar-refractivity contribution < 1.29 is 4.74 Å². The predicted octanol–water partition coefficient (Wildman–Crippen LogP) is 2.67. The van der Waals surface area contributed by atoms with E-state index in [1.807, 2.05) is 13.0 Å². The Labute approximate surface area is 92.4 Å². The van der Waals surface area contributed by atoms with E-state index in [2.05, 4.69) is 26.0 Å². The molecule has 0 heterocycles. The fourth-order valence-corrected chi connectivity index (χ4v) is 1.58. The predicted molar refractivity (Wildman–Crippen MR) is 64.3 cm³/mol. The summed E-state index contributed by atoms with van der Waals surface area (Å²) in [4.78, 5) is 0. The Kier molecular flexibility index (Phi) is 4.63. The van der Waals surface area contributed by atoms with Crippen molar-refractivity contribution in [2.45, 2.75) is 39.7 Å². The second-order valence-corrected chi connectivity index (χ2v) is 3.89. The minimum Gasteiger partial charge on any atom is -0.494 e. The van der Waals surface area contributed by atoms with E-state index in [1.54, 1.807) is 0 Å². The van der Waals surface area contributed by atoms with E-state index in [1.165, 1.54) is 11.1 Å². The zero-order chi connectivity index (χ0) is 11.3. The van der Waals surface area contributed by atoms with Crippen molar-refractivity contribution in [1.82, 2.24) is 0 Å². The molecule has 1 aromatic carbocycles. The molecule has 0 radical (unpaired) electrons. The van der Waals surface area contributed by atoms with Crippen LogP contribution >= 0.6 is 0 Å². The van der Waals surface area contributed by atoms with Gasteiger partial charge in [-0.05, 0) is 49.9 Å². The van der Waals surface area contributed by atoms with Gasteiger partial charge in [-0.2, -0.15) is 0 Å². The smallest absolute Gasteiger partial charge is 0.119 e. The van der Waals surface area contributed by atoms with Crippen LogP contribution in [0, 0.1) is 6.92 Å². The molecule has 2 nitrogen and oxygen atoms in total. The van der Waals surface area contributed by atoms with Gasteiger partial charge in [0.1, 0.15) is 5.75 Å². The first-order valence-corrected chi connectivity index (χ1v) is 5.65. The Morgan fingerprint density at radius 1 is 1.33 bits per heavy atom. The lowest BCUT2D eigenvalue weighted by Gasteiger charge is -2.12. The molecule has 1 atom stereocenters. The summed E-state index contributed by atoms with van der Waals surface area (Å²) in [7, 11) is 0. The van der Waals surface area contributed by atoms with Crippen molar-refractivity contribution in [2.24, 2.45) is 5.73 Å². The van der Waals surface area contributed by atoms with Crippen molar-refractivity contribution >= 4 is 0 Å². The summed E-state index contributed by atoms with van der Waals surface area (Å²) in [5, 5.41) is 0. The van der Waals surface area contributed by atoms with E-state index >= 15 is 0 Å². The summed E-state index contributed by atoms with van der Waals surface area (Å²) < 4.78 is 5.44. The number of hydrogen-bond donors (Lipinski definition) is 1. The molecular weight excluding hydrogens is 186 g/mol. The fourth-order valence-electron chi connectivity index (χ4n) is 1.58. The van der Waals surface area contributed by atoms with Gasteiger partial charge in [0.05, 0.1) is 6.61 Å². The van der Waals surface area contributed by atoms with Crippen LogP contribution < -0.4 is 10.5 Å². The van der Waals surface area contributed by atoms with Crippen LogP contribution in [0.4, 0.5) is 0 Å². The number of nitrogens with two attached hydrogens (primary N) is 1.